The first-order chi connectivity index (χ1) is 14.7. The summed E-state index contributed by atoms with van der Waals surface area (Å²) < 4.78 is 5.34. The van der Waals surface area contributed by atoms with Gasteiger partial charge in [0.2, 0.25) is 5.91 Å². The van der Waals surface area contributed by atoms with Crippen molar-refractivity contribution >= 4 is 17.5 Å². The van der Waals surface area contributed by atoms with Gasteiger partial charge in [0.1, 0.15) is 23.7 Å². The highest BCUT2D eigenvalue weighted by Crippen LogP contribution is 2.26. The molecule has 1 aromatic heterocycles. The summed E-state index contributed by atoms with van der Waals surface area (Å²) in [6.45, 7) is 5.50. The van der Waals surface area contributed by atoms with Crippen LogP contribution in [0.3, 0.4) is 0 Å². The van der Waals surface area contributed by atoms with Gasteiger partial charge in [0, 0.05) is 44.2 Å². The molecule has 2 aromatic rings. The minimum Gasteiger partial charge on any atom is -0.496 e. The third-order valence-electron chi connectivity index (χ3n) is 5.60. The number of carbonyl (C=O) groups excluding carboxylic acids is 1. The molecule has 0 bridgehead atoms. The van der Waals surface area contributed by atoms with Crippen LogP contribution in [0.4, 0.5) is 11.6 Å². The van der Waals surface area contributed by atoms with Crippen LogP contribution in [0.2, 0.25) is 0 Å². The smallest absolute Gasteiger partial charge is 0.220 e. The number of anilines is 2. The van der Waals surface area contributed by atoms with Gasteiger partial charge in [-0.2, -0.15) is 0 Å². The number of nitrogens with one attached hydrogen (secondary N) is 2. The van der Waals surface area contributed by atoms with E-state index >= 15 is 0 Å². The zero-order chi connectivity index (χ0) is 21.2. The van der Waals surface area contributed by atoms with Crippen LogP contribution < -0.4 is 20.3 Å². The maximum atomic E-state index is 12.3. The summed E-state index contributed by atoms with van der Waals surface area (Å²) in [7, 11) is 1.65. The molecule has 1 aliphatic heterocycles. The number of amides is 1. The zero-order valence-electron chi connectivity index (χ0n) is 18.1. The second kappa shape index (κ2) is 11.4. The molecule has 7 nitrogen and oxygen atoms in total. The number of para-hydroxylation sites is 1. The van der Waals surface area contributed by atoms with Gasteiger partial charge in [-0.3, -0.25) is 4.79 Å². The van der Waals surface area contributed by atoms with Crippen molar-refractivity contribution in [3.63, 3.8) is 0 Å². The Labute approximate surface area is 179 Å². The fraction of sp³-hybridized carbons (Fsp3) is 0.522. The summed E-state index contributed by atoms with van der Waals surface area (Å²) in [4.78, 5) is 23.3. The topological polar surface area (TPSA) is 79.4 Å². The van der Waals surface area contributed by atoms with E-state index in [-0.39, 0.29) is 5.91 Å². The summed E-state index contributed by atoms with van der Waals surface area (Å²) in [6.07, 6.45) is 6.36. The van der Waals surface area contributed by atoms with E-state index < -0.39 is 0 Å². The van der Waals surface area contributed by atoms with Gasteiger partial charge in [0.25, 0.3) is 0 Å². The minimum atomic E-state index is 0.103. The number of benzene rings is 1. The summed E-state index contributed by atoms with van der Waals surface area (Å²) in [6, 6.07) is 9.81. The minimum absolute atomic E-state index is 0.103. The molecule has 0 atom stereocenters. The fourth-order valence-corrected chi connectivity index (χ4v) is 3.79. The molecule has 2 N–H and O–H groups in total. The standard InChI is InChI=1S/C23H33N5O2/c1-3-12-24-21-15-22(27-17-26-21)28-13-10-18(11-14-28)8-9-23(29)25-16-19-6-4-5-7-20(19)30-2/h4-7,15,17-18H,3,8-14,16H2,1-2H3,(H,25,29)(H,24,26,27). The highest BCUT2D eigenvalue weighted by atomic mass is 16.5. The average Bonchev–Trinajstić information content (AvgIpc) is 2.80. The van der Waals surface area contributed by atoms with Gasteiger partial charge in [-0.15, -0.1) is 0 Å². The van der Waals surface area contributed by atoms with E-state index in [2.05, 4.69) is 32.4 Å². The molecular formula is C23H33N5O2. The van der Waals surface area contributed by atoms with E-state index in [9.17, 15) is 4.79 Å². The van der Waals surface area contributed by atoms with Crippen LogP contribution in [0.5, 0.6) is 5.75 Å². The van der Waals surface area contributed by atoms with E-state index in [1.54, 1.807) is 13.4 Å². The maximum Gasteiger partial charge on any atom is 0.220 e. The molecule has 30 heavy (non-hydrogen) atoms. The first-order valence-electron chi connectivity index (χ1n) is 10.9. The normalized spacial score (nSPS) is 14.4. The van der Waals surface area contributed by atoms with Crippen molar-refractivity contribution in [2.75, 3.05) is 37.0 Å². The van der Waals surface area contributed by atoms with Gasteiger partial charge in [-0.05, 0) is 37.7 Å². The van der Waals surface area contributed by atoms with E-state index in [1.807, 2.05) is 30.3 Å². The van der Waals surface area contributed by atoms with Crippen LogP contribution in [0.15, 0.2) is 36.7 Å². The van der Waals surface area contributed by atoms with Crippen LogP contribution in [0.1, 0.15) is 44.6 Å². The molecule has 7 heteroatoms. The number of piperidine rings is 1. The van der Waals surface area contributed by atoms with E-state index in [0.717, 1.165) is 68.3 Å². The van der Waals surface area contributed by atoms with Crippen molar-refractivity contribution in [1.82, 2.24) is 15.3 Å². The van der Waals surface area contributed by atoms with Crippen LogP contribution >= 0.6 is 0 Å². The van der Waals surface area contributed by atoms with Crippen LogP contribution in [0.25, 0.3) is 0 Å². The van der Waals surface area contributed by atoms with E-state index in [0.29, 0.717) is 18.9 Å². The number of hydrogen-bond acceptors (Lipinski definition) is 6. The predicted molar refractivity (Wildman–Crippen MR) is 120 cm³/mol. The Morgan fingerprint density at radius 1 is 1.23 bits per heavy atom. The van der Waals surface area contributed by atoms with Crippen LogP contribution in [-0.2, 0) is 11.3 Å². The van der Waals surface area contributed by atoms with Crippen LogP contribution in [-0.4, -0.2) is 42.6 Å². The summed E-state index contributed by atoms with van der Waals surface area (Å²) >= 11 is 0. The molecule has 1 saturated heterocycles. The van der Waals surface area contributed by atoms with Crippen LogP contribution in [0, 0.1) is 5.92 Å². The lowest BCUT2D eigenvalue weighted by Gasteiger charge is -2.32. The monoisotopic (exact) mass is 411 g/mol. The Hall–Kier alpha value is -2.83. The Balaban J connectivity index is 1.39. The molecule has 1 aliphatic rings. The quantitative estimate of drug-likeness (QED) is 0.622. The Kier molecular flexibility index (Phi) is 8.30. The molecule has 0 saturated carbocycles. The van der Waals surface area contributed by atoms with Crippen molar-refractivity contribution in [3.05, 3.63) is 42.2 Å². The molecule has 3 rings (SSSR count). The molecule has 1 fully saturated rings. The number of nitrogens with zero attached hydrogens (tertiary/aromatic N) is 3. The van der Waals surface area contributed by atoms with E-state index in [1.165, 1.54) is 0 Å². The Morgan fingerprint density at radius 2 is 2.03 bits per heavy atom. The van der Waals surface area contributed by atoms with Gasteiger partial charge < -0.3 is 20.3 Å². The first kappa shape index (κ1) is 21.9. The number of carbonyl (C=O) groups is 1. The van der Waals surface area contributed by atoms with Crippen molar-refractivity contribution in [1.29, 1.82) is 0 Å². The molecule has 0 spiro atoms. The van der Waals surface area contributed by atoms with Gasteiger partial charge in [0.05, 0.1) is 7.11 Å². The predicted octanol–water partition coefficient (Wildman–Crippen LogP) is 3.62. The zero-order valence-corrected chi connectivity index (χ0v) is 18.1. The number of hydrogen-bond donors (Lipinski definition) is 2. The molecule has 0 aliphatic carbocycles. The lowest BCUT2D eigenvalue weighted by Crippen LogP contribution is -2.34. The Bertz CT molecular complexity index is 806. The second-order valence-corrected chi connectivity index (χ2v) is 7.75. The highest BCUT2D eigenvalue weighted by molar-refractivity contribution is 5.75. The molecule has 2 heterocycles. The van der Waals surface area contributed by atoms with Gasteiger partial charge in [-0.1, -0.05) is 25.1 Å². The third kappa shape index (κ3) is 6.34. The highest BCUT2D eigenvalue weighted by Gasteiger charge is 2.21. The molecular weight excluding hydrogens is 378 g/mol. The number of ether oxygens (including phenoxy) is 1. The number of rotatable bonds is 10. The summed E-state index contributed by atoms with van der Waals surface area (Å²) in [5.41, 5.74) is 0.999. The molecule has 0 radical (unpaired) electrons. The third-order valence-corrected chi connectivity index (χ3v) is 5.60. The Morgan fingerprint density at radius 3 is 2.80 bits per heavy atom. The first-order valence-corrected chi connectivity index (χ1v) is 10.9. The largest absolute Gasteiger partial charge is 0.496 e. The van der Waals surface area contributed by atoms with Gasteiger partial charge in [0.15, 0.2) is 0 Å². The average molecular weight is 412 g/mol. The van der Waals surface area contributed by atoms with Gasteiger partial charge >= 0.3 is 0 Å². The lowest BCUT2D eigenvalue weighted by molar-refractivity contribution is -0.121. The number of methoxy groups -OCH3 is 1. The fourth-order valence-electron chi connectivity index (χ4n) is 3.79. The van der Waals surface area contributed by atoms with E-state index in [4.69, 9.17) is 4.74 Å². The van der Waals surface area contributed by atoms with Crippen molar-refractivity contribution in [2.24, 2.45) is 5.92 Å². The lowest BCUT2D eigenvalue weighted by atomic mass is 9.92. The second-order valence-electron chi connectivity index (χ2n) is 7.75. The van der Waals surface area contributed by atoms with Crippen molar-refractivity contribution < 1.29 is 9.53 Å². The van der Waals surface area contributed by atoms with Crippen molar-refractivity contribution in [3.8, 4) is 5.75 Å². The molecule has 1 amide bonds. The number of aromatic nitrogens is 2. The van der Waals surface area contributed by atoms with Gasteiger partial charge in [-0.25, -0.2) is 9.97 Å². The summed E-state index contributed by atoms with van der Waals surface area (Å²) in [5, 5.41) is 6.33. The molecule has 0 unspecified atom stereocenters. The maximum absolute atomic E-state index is 12.3. The molecule has 1 aromatic carbocycles. The van der Waals surface area contributed by atoms with Crippen molar-refractivity contribution in [2.45, 2.75) is 45.6 Å². The summed E-state index contributed by atoms with van der Waals surface area (Å²) in [5.74, 6) is 3.36. The SMILES string of the molecule is CCCNc1cc(N2CCC(CCC(=O)NCc3ccccc3OC)CC2)ncn1. The molecule has 162 valence electrons.